The van der Waals surface area contributed by atoms with Gasteiger partial charge in [-0.2, -0.15) is 0 Å². The minimum Gasteiger partial charge on any atom is -0.292 e. The zero-order valence-electron chi connectivity index (χ0n) is 7.10. The second-order valence-corrected chi connectivity index (χ2v) is 2.87. The predicted molar refractivity (Wildman–Crippen MR) is 44.8 cm³/mol. The first-order valence-corrected chi connectivity index (χ1v) is 3.55. The molecule has 0 saturated heterocycles. The average molecular weight is 134 g/mol. The van der Waals surface area contributed by atoms with E-state index in [1.807, 2.05) is 0 Å². The van der Waals surface area contributed by atoms with Crippen LogP contribution in [0.5, 0.6) is 0 Å². The van der Waals surface area contributed by atoms with Crippen molar-refractivity contribution < 1.29 is 4.48 Å². The highest BCUT2D eigenvalue weighted by Gasteiger charge is 2.03. The molecule has 52 valence electrons. The number of hydrogen-bond donors (Lipinski definition) is 0. The molecule has 0 N–H and O–H groups in total. The van der Waals surface area contributed by atoms with Gasteiger partial charge in [0.1, 0.15) is 0 Å². The Hall–Kier alpha value is -0.785. The Labute approximate surface area is 63.1 Å². The quantitative estimate of drug-likeness (QED) is 0.449. The molecule has 0 radical (unpaired) electrons. The number of rotatable bonds is 0. The lowest BCUT2D eigenvalue weighted by Gasteiger charge is -1.99. The number of nitrogens with zero attached hydrogens (tertiary/aromatic N) is 1. The van der Waals surface area contributed by atoms with Gasteiger partial charge in [-0.1, -0.05) is 0 Å². The number of aryl methyl sites for hydroxylation is 3. The third-order valence-corrected chi connectivity index (χ3v) is 1.93. The molecule has 1 aromatic heterocycles. The molecule has 0 aliphatic carbocycles. The van der Waals surface area contributed by atoms with Crippen molar-refractivity contribution in [3.05, 3.63) is 29.1 Å². The van der Waals surface area contributed by atoms with E-state index in [9.17, 15) is 0 Å². The van der Waals surface area contributed by atoms with Gasteiger partial charge in [0.25, 0.3) is 0 Å². The second kappa shape index (κ2) is 2.45. The predicted octanol–water partition coefficient (Wildman–Crippen LogP) is 0.296. The highest BCUT2D eigenvalue weighted by Crippen LogP contribution is 1.99. The molecule has 0 amide bonds. The highest BCUT2D eigenvalue weighted by atomic mass is 14.9. The van der Waals surface area contributed by atoms with Crippen molar-refractivity contribution >= 4 is 7.98 Å². The van der Waals surface area contributed by atoms with E-state index in [1.54, 1.807) is 0 Å². The molecule has 0 spiro atoms. The van der Waals surface area contributed by atoms with Crippen LogP contribution < -0.4 is 4.48 Å². The molecule has 0 unspecified atom stereocenters. The standard InChI is InChI=1S/C8H13BN/c1-6-4-7(2)10(9)8(3)5-6/h4-5H,9H2,1-3H3/q+1. The van der Waals surface area contributed by atoms with Crippen LogP contribution >= 0.6 is 0 Å². The molecule has 2 heteroatoms. The van der Waals surface area contributed by atoms with E-state index < -0.39 is 0 Å². The summed E-state index contributed by atoms with van der Waals surface area (Å²) in [5.74, 6) is 0. The van der Waals surface area contributed by atoms with Crippen LogP contribution in [0.3, 0.4) is 0 Å². The average Bonchev–Trinajstić information content (AvgIpc) is 1.82. The Morgan fingerprint density at radius 1 is 1.10 bits per heavy atom. The third-order valence-electron chi connectivity index (χ3n) is 1.93. The van der Waals surface area contributed by atoms with Gasteiger partial charge in [0.15, 0.2) is 11.4 Å². The summed E-state index contributed by atoms with van der Waals surface area (Å²) in [4.78, 5) is 0. The van der Waals surface area contributed by atoms with E-state index in [2.05, 4.69) is 45.4 Å². The summed E-state index contributed by atoms with van der Waals surface area (Å²) in [6, 6.07) is 4.38. The second-order valence-electron chi connectivity index (χ2n) is 2.87. The Balaban J connectivity index is 3.31. The normalized spacial score (nSPS) is 9.90. The van der Waals surface area contributed by atoms with E-state index in [0.29, 0.717) is 0 Å². The van der Waals surface area contributed by atoms with E-state index in [1.165, 1.54) is 17.0 Å². The zero-order valence-corrected chi connectivity index (χ0v) is 7.10. The molecule has 1 rings (SSSR count). The molecule has 0 atom stereocenters. The Morgan fingerprint density at radius 3 is 1.90 bits per heavy atom. The summed E-state index contributed by atoms with van der Waals surface area (Å²) < 4.78 is 2.19. The lowest BCUT2D eigenvalue weighted by molar-refractivity contribution is -0.537. The molecule has 0 fully saturated rings. The Morgan fingerprint density at radius 2 is 1.50 bits per heavy atom. The van der Waals surface area contributed by atoms with Gasteiger partial charge < -0.3 is 0 Å². The van der Waals surface area contributed by atoms with Crippen molar-refractivity contribution in [1.82, 2.24) is 0 Å². The van der Waals surface area contributed by atoms with Crippen LogP contribution in [-0.2, 0) is 0 Å². The summed E-state index contributed by atoms with van der Waals surface area (Å²) in [6.07, 6.45) is 0. The van der Waals surface area contributed by atoms with Gasteiger partial charge in [-0.05, 0) is 12.5 Å². The fourth-order valence-corrected chi connectivity index (χ4v) is 1.17. The fraction of sp³-hybridized carbons (Fsp3) is 0.375. The minimum atomic E-state index is 1.32. The molecule has 0 saturated carbocycles. The maximum absolute atomic E-state index is 2.19. The van der Waals surface area contributed by atoms with Gasteiger partial charge in [-0.15, -0.1) is 0 Å². The summed E-state index contributed by atoms with van der Waals surface area (Å²) in [5, 5.41) is 0. The van der Waals surface area contributed by atoms with Gasteiger partial charge in [-0.25, -0.2) is 0 Å². The SMILES string of the molecule is B[n+]1c(C)cc(C)cc1C. The Kier molecular flexibility index (Phi) is 1.79. The first-order valence-electron chi connectivity index (χ1n) is 3.55. The molecule has 1 heterocycles. The molecule has 0 aliphatic rings. The molecular weight excluding hydrogens is 121 g/mol. The molecule has 10 heavy (non-hydrogen) atoms. The molecule has 1 aromatic rings. The molecule has 1 nitrogen and oxygen atoms in total. The lowest BCUT2D eigenvalue weighted by Crippen LogP contribution is -2.38. The fourth-order valence-electron chi connectivity index (χ4n) is 1.17. The van der Waals surface area contributed by atoms with Gasteiger partial charge in [-0.3, -0.25) is 4.48 Å². The molecule has 0 bridgehead atoms. The van der Waals surface area contributed by atoms with E-state index in [-0.39, 0.29) is 0 Å². The van der Waals surface area contributed by atoms with Crippen LogP contribution in [0.1, 0.15) is 17.0 Å². The third kappa shape index (κ3) is 1.20. The lowest BCUT2D eigenvalue weighted by atomic mass is 10.1. The van der Waals surface area contributed by atoms with Crippen LogP contribution in [0.2, 0.25) is 0 Å². The van der Waals surface area contributed by atoms with E-state index >= 15 is 0 Å². The highest BCUT2D eigenvalue weighted by molar-refractivity contribution is 5.95. The van der Waals surface area contributed by atoms with Gasteiger partial charge in [0, 0.05) is 26.0 Å². The van der Waals surface area contributed by atoms with Crippen molar-refractivity contribution in [3.8, 4) is 0 Å². The summed E-state index contributed by atoms with van der Waals surface area (Å²) in [6.45, 7) is 6.38. The van der Waals surface area contributed by atoms with E-state index in [0.717, 1.165) is 0 Å². The van der Waals surface area contributed by atoms with Crippen LogP contribution in [0.25, 0.3) is 0 Å². The van der Waals surface area contributed by atoms with Crippen molar-refractivity contribution in [1.29, 1.82) is 0 Å². The largest absolute Gasteiger partial charge is 0.456 e. The van der Waals surface area contributed by atoms with E-state index in [4.69, 9.17) is 0 Å². The topological polar surface area (TPSA) is 3.88 Å². The van der Waals surface area contributed by atoms with Crippen LogP contribution in [-0.4, -0.2) is 7.98 Å². The van der Waals surface area contributed by atoms with Crippen LogP contribution in [0, 0.1) is 20.8 Å². The van der Waals surface area contributed by atoms with Gasteiger partial charge >= 0.3 is 7.98 Å². The number of aromatic nitrogens is 1. The molecule has 0 aliphatic heterocycles. The summed E-state index contributed by atoms with van der Waals surface area (Å²) >= 11 is 0. The maximum Gasteiger partial charge on any atom is 0.456 e. The summed E-state index contributed by atoms with van der Waals surface area (Å²) in [7, 11) is 2.09. The maximum atomic E-state index is 2.19. The van der Waals surface area contributed by atoms with Crippen LogP contribution in [0.4, 0.5) is 0 Å². The smallest absolute Gasteiger partial charge is 0.292 e. The molecule has 0 aromatic carbocycles. The summed E-state index contributed by atoms with van der Waals surface area (Å²) in [5.41, 5.74) is 3.98. The first kappa shape index (κ1) is 7.32. The zero-order chi connectivity index (χ0) is 7.72. The van der Waals surface area contributed by atoms with Crippen molar-refractivity contribution in [2.24, 2.45) is 0 Å². The van der Waals surface area contributed by atoms with Crippen molar-refractivity contribution in [3.63, 3.8) is 0 Å². The van der Waals surface area contributed by atoms with Gasteiger partial charge in [0.05, 0.1) is 0 Å². The number of hydrogen-bond acceptors (Lipinski definition) is 0. The first-order chi connectivity index (χ1) is 4.61. The molecular formula is C8H13BN+. The Bertz CT molecular complexity index is 232. The minimum absolute atomic E-state index is 1.32. The number of pyridine rings is 1. The van der Waals surface area contributed by atoms with Crippen molar-refractivity contribution in [2.45, 2.75) is 20.8 Å². The van der Waals surface area contributed by atoms with Gasteiger partial charge in [0.2, 0.25) is 0 Å². The monoisotopic (exact) mass is 134 g/mol. The van der Waals surface area contributed by atoms with Crippen LogP contribution in [0.15, 0.2) is 12.1 Å². The van der Waals surface area contributed by atoms with Crippen molar-refractivity contribution in [2.75, 3.05) is 0 Å².